The lowest BCUT2D eigenvalue weighted by Gasteiger charge is -2.28. The van der Waals surface area contributed by atoms with Crippen molar-refractivity contribution in [2.24, 2.45) is 0 Å². The van der Waals surface area contributed by atoms with Crippen LogP contribution in [0.25, 0.3) is 0 Å². The van der Waals surface area contributed by atoms with E-state index in [4.69, 9.17) is 16.9 Å². The lowest BCUT2D eigenvalue weighted by molar-refractivity contribution is 0.240. The Morgan fingerprint density at radius 3 is 2.62 bits per heavy atom. The van der Waals surface area contributed by atoms with E-state index < -0.39 is 0 Å². The largest absolute Gasteiger partial charge is 0.328 e. The summed E-state index contributed by atoms with van der Waals surface area (Å²) in [5, 5.41) is 9.69. The van der Waals surface area contributed by atoms with Crippen LogP contribution in [0.4, 0.5) is 0 Å². The van der Waals surface area contributed by atoms with Crippen molar-refractivity contribution in [1.29, 1.82) is 5.26 Å². The van der Waals surface area contributed by atoms with Crippen molar-refractivity contribution in [3.63, 3.8) is 0 Å². The van der Waals surface area contributed by atoms with Gasteiger partial charge in [0.15, 0.2) is 0 Å². The van der Waals surface area contributed by atoms with Gasteiger partial charge >= 0.3 is 5.69 Å². The van der Waals surface area contributed by atoms with E-state index in [1.54, 1.807) is 18.2 Å². The molecule has 0 saturated heterocycles. The van der Waals surface area contributed by atoms with Crippen LogP contribution in [0.15, 0.2) is 58.1 Å². The molecule has 0 fully saturated rings. The molecule has 1 aliphatic rings. The summed E-state index contributed by atoms with van der Waals surface area (Å²) in [6, 6.07) is 16.7. The van der Waals surface area contributed by atoms with Crippen molar-refractivity contribution < 1.29 is 0 Å². The smallest absolute Gasteiger partial charge is 0.311 e. The van der Waals surface area contributed by atoms with Gasteiger partial charge in [-0.15, -0.1) is 0 Å². The highest BCUT2D eigenvalue weighted by atomic mass is 35.5. The second-order valence-electron chi connectivity index (χ2n) is 7.18. The Balaban J connectivity index is 1.60. The molecule has 2 heterocycles. The number of H-pyrrole nitrogens is 1. The van der Waals surface area contributed by atoms with Crippen molar-refractivity contribution >= 4 is 11.6 Å². The number of hydrogen-bond donors (Lipinski definition) is 1. The lowest BCUT2D eigenvalue weighted by atomic mass is 10.1. The van der Waals surface area contributed by atoms with Crippen LogP contribution in [-0.2, 0) is 26.1 Å². The minimum absolute atomic E-state index is 0.197. The number of hydrogen-bond acceptors (Lipinski definition) is 4. The highest BCUT2D eigenvalue weighted by Crippen LogP contribution is 2.17. The van der Waals surface area contributed by atoms with E-state index in [-0.39, 0.29) is 17.8 Å². The maximum atomic E-state index is 13.1. The van der Waals surface area contributed by atoms with E-state index in [1.165, 1.54) is 4.57 Å². The molecule has 7 heteroatoms. The molecule has 0 atom stereocenters. The van der Waals surface area contributed by atoms with Gasteiger partial charge in [-0.25, -0.2) is 4.79 Å². The van der Waals surface area contributed by atoms with Gasteiger partial charge in [0.05, 0.1) is 23.7 Å². The van der Waals surface area contributed by atoms with Crippen LogP contribution in [0.2, 0.25) is 5.02 Å². The van der Waals surface area contributed by atoms with Crippen LogP contribution >= 0.6 is 11.6 Å². The number of rotatable bonds is 4. The molecule has 4 rings (SSSR count). The van der Waals surface area contributed by atoms with Crippen LogP contribution in [-0.4, -0.2) is 21.0 Å². The van der Waals surface area contributed by atoms with Crippen molar-refractivity contribution in [2.45, 2.75) is 26.1 Å². The standard InChI is InChI=1S/C22H19ClN4O2/c23-18-6-4-15(5-7-18)13-27-21(28)19-14-26(9-8-20(19)25-22(27)29)12-17-3-1-2-16(10-17)11-24/h1-7,10H,8-9,12-14H2,(H,25,29). The Morgan fingerprint density at radius 1 is 1.07 bits per heavy atom. The van der Waals surface area contributed by atoms with Gasteiger partial charge in [0, 0.05) is 36.8 Å². The van der Waals surface area contributed by atoms with E-state index in [9.17, 15) is 9.59 Å². The van der Waals surface area contributed by atoms with E-state index in [1.807, 2.05) is 30.3 Å². The van der Waals surface area contributed by atoms with Crippen LogP contribution in [0.1, 0.15) is 27.9 Å². The number of nitrogens with zero attached hydrogens (tertiary/aromatic N) is 3. The molecule has 3 aromatic rings. The SMILES string of the molecule is N#Cc1cccc(CN2CCc3[nH]c(=O)n(Cc4ccc(Cl)cc4)c(=O)c3C2)c1. The number of fused-ring (bicyclic) bond motifs is 1. The van der Waals surface area contributed by atoms with Crippen molar-refractivity contribution in [3.8, 4) is 6.07 Å². The Kier molecular flexibility index (Phi) is 5.34. The summed E-state index contributed by atoms with van der Waals surface area (Å²) in [6.07, 6.45) is 0.611. The van der Waals surface area contributed by atoms with Crippen LogP contribution in [0.5, 0.6) is 0 Å². The Morgan fingerprint density at radius 2 is 1.86 bits per heavy atom. The maximum Gasteiger partial charge on any atom is 0.328 e. The van der Waals surface area contributed by atoms with Gasteiger partial charge in [0.2, 0.25) is 0 Å². The van der Waals surface area contributed by atoms with Gasteiger partial charge < -0.3 is 4.98 Å². The summed E-state index contributed by atoms with van der Waals surface area (Å²) in [4.78, 5) is 30.6. The maximum absolute atomic E-state index is 13.1. The zero-order valence-corrected chi connectivity index (χ0v) is 16.4. The van der Waals surface area contributed by atoms with Gasteiger partial charge in [-0.2, -0.15) is 5.26 Å². The molecular formula is C22H19ClN4O2. The number of aromatic nitrogens is 2. The third-order valence-corrected chi connectivity index (χ3v) is 5.40. The van der Waals surface area contributed by atoms with E-state index >= 15 is 0 Å². The first kappa shape index (κ1) is 19.2. The molecule has 1 aliphatic heterocycles. The summed E-state index contributed by atoms with van der Waals surface area (Å²) in [5.74, 6) is 0. The third-order valence-electron chi connectivity index (χ3n) is 5.15. The van der Waals surface area contributed by atoms with Crippen LogP contribution in [0, 0.1) is 11.3 Å². The average Bonchev–Trinajstić information content (AvgIpc) is 2.73. The zero-order chi connectivity index (χ0) is 20.4. The Labute approximate surface area is 172 Å². The van der Waals surface area contributed by atoms with Gasteiger partial charge in [0.1, 0.15) is 0 Å². The van der Waals surface area contributed by atoms with Gasteiger partial charge in [-0.05, 0) is 35.4 Å². The molecule has 2 aromatic carbocycles. The van der Waals surface area contributed by atoms with E-state index in [0.717, 1.165) is 23.4 Å². The minimum Gasteiger partial charge on any atom is -0.311 e. The second-order valence-corrected chi connectivity index (χ2v) is 7.61. The van der Waals surface area contributed by atoms with Gasteiger partial charge in [-0.3, -0.25) is 14.3 Å². The number of aromatic amines is 1. The minimum atomic E-state index is -0.390. The Hall–Kier alpha value is -3.14. The van der Waals surface area contributed by atoms with Crippen molar-refractivity contribution in [1.82, 2.24) is 14.5 Å². The number of nitriles is 1. The Bertz CT molecular complexity index is 1210. The summed E-state index contributed by atoms with van der Waals surface area (Å²) < 4.78 is 1.24. The lowest BCUT2D eigenvalue weighted by Crippen LogP contribution is -2.43. The summed E-state index contributed by atoms with van der Waals surface area (Å²) in [7, 11) is 0. The molecule has 1 aromatic heterocycles. The van der Waals surface area contributed by atoms with Crippen LogP contribution in [0.3, 0.4) is 0 Å². The third kappa shape index (κ3) is 4.16. The van der Waals surface area contributed by atoms with E-state index in [2.05, 4.69) is 16.0 Å². The molecule has 29 heavy (non-hydrogen) atoms. The first-order valence-corrected chi connectivity index (χ1v) is 9.72. The topological polar surface area (TPSA) is 81.9 Å². The molecule has 1 N–H and O–H groups in total. The zero-order valence-electron chi connectivity index (χ0n) is 15.7. The van der Waals surface area contributed by atoms with Gasteiger partial charge in [-0.1, -0.05) is 35.9 Å². The molecule has 0 amide bonds. The number of halogens is 1. The van der Waals surface area contributed by atoms with Crippen molar-refractivity contribution in [3.05, 3.63) is 102 Å². The second kappa shape index (κ2) is 8.08. The fraction of sp³-hybridized carbons (Fsp3) is 0.227. The number of benzene rings is 2. The summed E-state index contributed by atoms with van der Waals surface area (Å²) >= 11 is 5.91. The quantitative estimate of drug-likeness (QED) is 0.722. The molecule has 0 bridgehead atoms. The average molecular weight is 407 g/mol. The molecule has 0 radical (unpaired) electrons. The highest BCUT2D eigenvalue weighted by Gasteiger charge is 2.22. The molecule has 0 spiro atoms. The monoisotopic (exact) mass is 406 g/mol. The fourth-order valence-electron chi connectivity index (χ4n) is 3.65. The molecule has 6 nitrogen and oxygen atoms in total. The molecule has 0 saturated carbocycles. The fourth-order valence-corrected chi connectivity index (χ4v) is 3.78. The van der Waals surface area contributed by atoms with E-state index in [0.29, 0.717) is 35.7 Å². The van der Waals surface area contributed by atoms with Crippen LogP contribution < -0.4 is 11.2 Å². The van der Waals surface area contributed by atoms with Crippen molar-refractivity contribution in [2.75, 3.05) is 6.54 Å². The summed E-state index contributed by atoms with van der Waals surface area (Å²) in [6.45, 7) is 2.04. The highest BCUT2D eigenvalue weighted by molar-refractivity contribution is 6.30. The summed E-state index contributed by atoms with van der Waals surface area (Å²) in [5.41, 5.74) is 3.18. The number of nitrogens with one attached hydrogen (secondary N) is 1. The predicted octanol–water partition coefficient (Wildman–Crippen LogP) is 2.67. The molecular weight excluding hydrogens is 388 g/mol. The first-order valence-electron chi connectivity index (χ1n) is 9.34. The first-order chi connectivity index (χ1) is 14.0. The molecule has 146 valence electrons. The molecule has 0 aliphatic carbocycles. The predicted molar refractivity (Wildman–Crippen MR) is 111 cm³/mol. The van der Waals surface area contributed by atoms with Gasteiger partial charge in [0.25, 0.3) is 5.56 Å². The molecule has 0 unspecified atom stereocenters. The normalized spacial score (nSPS) is 13.7.